The van der Waals surface area contributed by atoms with E-state index in [-0.39, 0.29) is 11.9 Å². The molecule has 0 aromatic heterocycles. The monoisotopic (exact) mass is 309 g/mol. The number of hydrogen-bond donors (Lipinski definition) is 1. The Kier molecular flexibility index (Phi) is 4.77. The summed E-state index contributed by atoms with van der Waals surface area (Å²) in [7, 11) is 0. The van der Waals surface area contributed by atoms with Crippen molar-refractivity contribution in [2.75, 3.05) is 25.4 Å². The lowest BCUT2D eigenvalue weighted by Crippen LogP contribution is -2.47. The molecule has 1 atom stereocenters. The summed E-state index contributed by atoms with van der Waals surface area (Å²) < 4.78 is 0. The number of nitrogens with zero attached hydrogens (tertiary/aromatic N) is 2. The van der Waals surface area contributed by atoms with Crippen molar-refractivity contribution in [3.63, 3.8) is 0 Å². The molecule has 1 N–H and O–H groups in total. The van der Waals surface area contributed by atoms with Crippen molar-refractivity contribution in [2.24, 2.45) is 10.4 Å². The Hall–Kier alpha value is -0.710. The van der Waals surface area contributed by atoms with Gasteiger partial charge in [0.15, 0.2) is 5.17 Å². The zero-order valence-corrected chi connectivity index (χ0v) is 13.9. The fourth-order valence-corrected chi connectivity index (χ4v) is 4.94. The van der Waals surface area contributed by atoms with E-state index in [0.717, 1.165) is 37.6 Å². The number of carbonyl (C=O) groups is 1. The van der Waals surface area contributed by atoms with Crippen LogP contribution in [0, 0.1) is 5.41 Å². The molecule has 1 aliphatic carbocycles. The Balaban J connectivity index is 1.52. The van der Waals surface area contributed by atoms with Crippen LogP contribution in [0.25, 0.3) is 0 Å². The standard InChI is InChI=1S/C16H27N3OS/c1-13(14(20)19-9-5-6-10-19)18-15-17-11-16(12-21-15)7-3-2-4-8-16/h13H,2-12H2,1H3,(H,17,18). The molecular weight excluding hydrogens is 282 g/mol. The molecule has 2 heterocycles. The smallest absolute Gasteiger partial charge is 0.244 e. The van der Waals surface area contributed by atoms with Gasteiger partial charge in [0.05, 0.1) is 0 Å². The van der Waals surface area contributed by atoms with Crippen molar-refractivity contribution in [1.29, 1.82) is 0 Å². The molecule has 0 bridgehead atoms. The molecule has 0 radical (unpaired) electrons. The van der Waals surface area contributed by atoms with Crippen LogP contribution in [0.2, 0.25) is 0 Å². The predicted molar refractivity (Wildman–Crippen MR) is 88.7 cm³/mol. The summed E-state index contributed by atoms with van der Waals surface area (Å²) in [4.78, 5) is 19.0. The highest BCUT2D eigenvalue weighted by molar-refractivity contribution is 8.13. The SMILES string of the molecule is CC(NC1=NCC2(CCCCC2)CS1)C(=O)N1CCCC1. The van der Waals surface area contributed by atoms with Crippen molar-refractivity contribution in [1.82, 2.24) is 10.2 Å². The van der Waals surface area contributed by atoms with Gasteiger partial charge in [-0.25, -0.2) is 0 Å². The van der Waals surface area contributed by atoms with E-state index in [1.165, 1.54) is 37.9 Å². The second-order valence-corrected chi connectivity index (χ2v) is 7.83. The molecule has 3 aliphatic rings. The Morgan fingerprint density at radius 1 is 1.24 bits per heavy atom. The van der Waals surface area contributed by atoms with Crippen molar-refractivity contribution in [3.8, 4) is 0 Å². The predicted octanol–water partition coefficient (Wildman–Crippen LogP) is 2.64. The van der Waals surface area contributed by atoms with Gasteiger partial charge >= 0.3 is 0 Å². The van der Waals surface area contributed by atoms with E-state index in [4.69, 9.17) is 4.99 Å². The molecule has 1 unspecified atom stereocenters. The van der Waals surface area contributed by atoms with Gasteiger partial charge in [0.25, 0.3) is 0 Å². The third-order valence-corrected chi connectivity index (χ3v) is 6.39. The van der Waals surface area contributed by atoms with Crippen LogP contribution in [-0.4, -0.2) is 47.4 Å². The molecule has 118 valence electrons. The van der Waals surface area contributed by atoms with Crippen LogP contribution in [0.3, 0.4) is 0 Å². The number of carbonyl (C=O) groups excluding carboxylic acids is 1. The van der Waals surface area contributed by atoms with Crippen molar-refractivity contribution in [2.45, 2.75) is 57.9 Å². The second-order valence-electron chi connectivity index (χ2n) is 6.87. The molecule has 1 spiro atoms. The molecule has 0 aromatic rings. The first-order valence-electron chi connectivity index (χ1n) is 8.41. The van der Waals surface area contributed by atoms with Gasteiger partial charge < -0.3 is 10.2 Å². The number of thioether (sulfide) groups is 1. The van der Waals surface area contributed by atoms with Crippen LogP contribution in [0.4, 0.5) is 0 Å². The first-order valence-corrected chi connectivity index (χ1v) is 9.40. The van der Waals surface area contributed by atoms with E-state index in [9.17, 15) is 4.79 Å². The number of nitrogens with one attached hydrogen (secondary N) is 1. The summed E-state index contributed by atoms with van der Waals surface area (Å²) in [5, 5.41) is 4.32. The highest BCUT2D eigenvalue weighted by atomic mass is 32.2. The molecule has 4 nitrogen and oxygen atoms in total. The summed E-state index contributed by atoms with van der Waals surface area (Å²) in [6.45, 7) is 4.77. The molecular formula is C16H27N3OS. The first-order chi connectivity index (χ1) is 10.2. The average molecular weight is 309 g/mol. The fraction of sp³-hybridized carbons (Fsp3) is 0.875. The first kappa shape index (κ1) is 15.2. The Labute approximate surface area is 132 Å². The van der Waals surface area contributed by atoms with E-state index in [1.54, 1.807) is 0 Å². The fourth-order valence-electron chi connectivity index (χ4n) is 3.70. The average Bonchev–Trinajstić information content (AvgIpc) is 3.04. The number of rotatable bonds is 2. The number of likely N-dealkylation sites (tertiary alicyclic amines) is 1. The topological polar surface area (TPSA) is 44.7 Å². The van der Waals surface area contributed by atoms with E-state index < -0.39 is 0 Å². The van der Waals surface area contributed by atoms with Crippen LogP contribution in [0.15, 0.2) is 4.99 Å². The number of aliphatic imine (C=N–C) groups is 1. The van der Waals surface area contributed by atoms with Crippen LogP contribution in [0.1, 0.15) is 51.9 Å². The maximum absolute atomic E-state index is 12.3. The minimum Gasteiger partial charge on any atom is -0.353 e. The van der Waals surface area contributed by atoms with Crippen LogP contribution < -0.4 is 5.32 Å². The van der Waals surface area contributed by atoms with E-state index >= 15 is 0 Å². The van der Waals surface area contributed by atoms with Crippen LogP contribution in [-0.2, 0) is 4.79 Å². The number of amidine groups is 1. The second kappa shape index (κ2) is 6.59. The minimum absolute atomic E-state index is 0.144. The Bertz CT molecular complexity index is 412. The maximum atomic E-state index is 12.3. The van der Waals surface area contributed by atoms with Gasteiger partial charge in [-0.2, -0.15) is 0 Å². The lowest BCUT2D eigenvalue weighted by Gasteiger charge is -2.38. The van der Waals surface area contributed by atoms with E-state index in [1.807, 2.05) is 23.6 Å². The molecule has 1 saturated carbocycles. The lowest BCUT2D eigenvalue weighted by molar-refractivity contribution is -0.131. The van der Waals surface area contributed by atoms with Gasteiger partial charge in [0.2, 0.25) is 5.91 Å². The molecule has 2 fully saturated rings. The Morgan fingerprint density at radius 2 is 1.95 bits per heavy atom. The molecule has 0 aromatic carbocycles. The summed E-state index contributed by atoms with van der Waals surface area (Å²) in [5.74, 6) is 1.40. The van der Waals surface area contributed by atoms with Gasteiger partial charge in [0, 0.05) is 25.4 Å². The van der Waals surface area contributed by atoms with Crippen LogP contribution in [0.5, 0.6) is 0 Å². The zero-order chi connectivity index (χ0) is 14.7. The summed E-state index contributed by atoms with van der Waals surface area (Å²) >= 11 is 1.82. The Morgan fingerprint density at radius 3 is 2.57 bits per heavy atom. The van der Waals surface area contributed by atoms with Crippen molar-refractivity contribution < 1.29 is 4.79 Å². The zero-order valence-electron chi connectivity index (χ0n) is 13.1. The summed E-state index contributed by atoms with van der Waals surface area (Å²) in [5.41, 5.74) is 0.455. The van der Waals surface area contributed by atoms with Crippen LogP contribution >= 0.6 is 11.8 Å². The minimum atomic E-state index is -0.144. The molecule has 1 saturated heterocycles. The lowest BCUT2D eigenvalue weighted by atomic mass is 9.75. The highest BCUT2D eigenvalue weighted by Crippen LogP contribution is 2.41. The van der Waals surface area contributed by atoms with Gasteiger partial charge in [-0.15, -0.1) is 0 Å². The number of amides is 1. The molecule has 1 amide bonds. The largest absolute Gasteiger partial charge is 0.353 e. The van der Waals surface area contributed by atoms with E-state index in [2.05, 4.69) is 5.32 Å². The highest BCUT2D eigenvalue weighted by Gasteiger charge is 2.35. The molecule has 3 rings (SSSR count). The van der Waals surface area contributed by atoms with Crippen molar-refractivity contribution in [3.05, 3.63) is 0 Å². The molecule has 5 heteroatoms. The normalized spacial score (nSPS) is 26.5. The summed E-state index contributed by atoms with van der Waals surface area (Å²) in [6, 6.07) is -0.144. The number of hydrogen-bond acceptors (Lipinski definition) is 4. The quantitative estimate of drug-likeness (QED) is 0.853. The van der Waals surface area contributed by atoms with Crippen molar-refractivity contribution >= 4 is 22.8 Å². The molecule has 21 heavy (non-hydrogen) atoms. The third kappa shape index (κ3) is 3.55. The van der Waals surface area contributed by atoms with Gasteiger partial charge in [0.1, 0.15) is 6.04 Å². The summed E-state index contributed by atoms with van der Waals surface area (Å²) in [6.07, 6.45) is 9.08. The molecule has 2 aliphatic heterocycles. The van der Waals surface area contributed by atoms with Gasteiger partial charge in [-0.1, -0.05) is 31.0 Å². The maximum Gasteiger partial charge on any atom is 0.244 e. The van der Waals surface area contributed by atoms with Gasteiger partial charge in [-0.3, -0.25) is 9.79 Å². The van der Waals surface area contributed by atoms with Gasteiger partial charge in [-0.05, 0) is 38.0 Å². The van der Waals surface area contributed by atoms with E-state index in [0.29, 0.717) is 5.41 Å². The third-order valence-electron chi connectivity index (χ3n) is 5.12.